The normalized spacial score (nSPS) is 20.6. The first kappa shape index (κ1) is 18.4. The number of nitrogens with zero attached hydrogens (tertiary/aromatic N) is 4. The fourth-order valence-corrected chi connectivity index (χ4v) is 4.65. The molecule has 0 radical (unpaired) electrons. The maximum Gasteiger partial charge on any atom is 0.168 e. The topological polar surface area (TPSA) is 51.9 Å². The number of piperidine rings is 1. The number of hydrogen-bond acceptors (Lipinski definition) is 5. The van der Waals surface area contributed by atoms with Crippen LogP contribution in [0, 0.1) is 0 Å². The van der Waals surface area contributed by atoms with Gasteiger partial charge in [-0.05, 0) is 50.4 Å². The Morgan fingerprint density at radius 3 is 2.66 bits per heavy atom. The number of para-hydroxylation sites is 1. The first-order valence-corrected chi connectivity index (χ1v) is 10.6. The molecule has 1 saturated carbocycles. The molecule has 2 aliphatic rings. The van der Waals surface area contributed by atoms with Crippen molar-refractivity contribution >= 4 is 5.65 Å². The van der Waals surface area contributed by atoms with Gasteiger partial charge in [-0.3, -0.25) is 4.90 Å². The molecule has 0 amide bonds. The van der Waals surface area contributed by atoms with E-state index in [2.05, 4.69) is 11.0 Å². The molecule has 6 nitrogen and oxygen atoms in total. The number of rotatable bonds is 5. The Labute approximate surface area is 171 Å². The molecule has 1 saturated heterocycles. The van der Waals surface area contributed by atoms with Crippen LogP contribution in [0.1, 0.15) is 43.8 Å². The zero-order chi connectivity index (χ0) is 19.8. The van der Waals surface area contributed by atoms with E-state index in [0.29, 0.717) is 5.92 Å². The first-order chi connectivity index (χ1) is 14.3. The van der Waals surface area contributed by atoms with Crippen LogP contribution in [-0.2, 0) is 0 Å². The molecule has 0 bridgehead atoms. The van der Waals surface area contributed by atoms with Gasteiger partial charge in [0.1, 0.15) is 0 Å². The third kappa shape index (κ3) is 3.35. The lowest BCUT2D eigenvalue weighted by atomic mass is 9.87. The van der Waals surface area contributed by atoms with Crippen molar-refractivity contribution in [3.63, 3.8) is 0 Å². The Morgan fingerprint density at radius 1 is 1.00 bits per heavy atom. The molecular formula is C23H28N4O2. The molecule has 6 heteroatoms. The van der Waals surface area contributed by atoms with Crippen molar-refractivity contribution < 1.29 is 9.47 Å². The fourth-order valence-electron chi connectivity index (χ4n) is 4.65. The smallest absolute Gasteiger partial charge is 0.168 e. The van der Waals surface area contributed by atoms with E-state index in [9.17, 15) is 0 Å². The highest BCUT2D eigenvalue weighted by Crippen LogP contribution is 2.38. The van der Waals surface area contributed by atoms with E-state index in [-0.39, 0.29) is 0 Å². The molecule has 152 valence electrons. The Kier molecular flexibility index (Phi) is 4.87. The van der Waals surface area contributed by atoms with Gasteiger partial charge in [0, 0.05) is 35.8 Å². The van der Waals surface area contributed by atoms with E-state index in [1.165, 1.54) is 38.6 Å². The van der Waals surface area contributed by atoms with Crippen LogP contribution < -0.4 is 9.47 Å². The van der Waals surface area contributed by atoms with Gasteiger partial charge in [0.25, 0.3) is 0 Å². The molecule has 1 aliphatic heterocycles. The van der Waals surface area contributed by atoms with Gasteiger partial charge in [-0.2, -0.15) is 5.10 Å². The quantitative estimate of drug-likeness (QED) is 0.653. The summed E-state index contributed by atoms with van der Waals surface area (Å²) in [7, 11) is 3.33. The second kappa shape index (κ2) is 7.67. The van der Waals surface area contributed by atoms with E-state index in [1.807, 2.05) is 35.0 Å². The second-order valence-electron chi connectivity index (χ2n) is 8.15. The van der Waals surface area contributed by atoms with Crippen molar-refractivity contribution in [2.75, 3.05) is 27.3 Å². The minimum Gasteiger partial charge on any atom is -0.493 e. The van der Waals surface area contributed by atoms with Crippen molar-refractivity contribution in [3.8, 4) is 22.6 Å². The largest absolute Gasteiger partial charge is 0.493 e. The van der Waals surface area contributed by atoms with Gasteiger partial charge >= 0.3 is 0 Å². The van der Waals surface area contributed by atoms with Gasteiger partial charge in [-0.25, -0.2) is 9.50 Å². The van der Waals surface area contributed by atoms with E-state index >= 15 is 0 Å². The molecule has 5 rings (SSSR count). The van der Waals surface area contributed by atoms with Crippen LogP contribution in [0.5, 0.6) is 11.5 Å². The first-order valence-electron chi connectivity index (χ1n) is 10.6. The zero-order valence-electron chi connectivity index (χ0n) is 17.2. The lowest BCUT2D eigenvalue weighted by Gasteiger charge is -2.41. The summed E-state index contributed by atoms with van der Waals surface area (Å²) in [6, 6.07) is 10.8. The molecule has 3 aromatic rings. The van der Waals surface area contributed by atoms with Crippen LogP contribution >= 0.6 is 0 Å². The van der Waals surface area contributed by atoms with Crippen molar-refractivity contribution in [1.29, 1.82) is 0 Å². The van der Waals surface area contributed by atoms with E-state index < -0.39 is 0 Å². The predicted molar refractivity (Wildman–Crippen MR) is 113 cm³/mol. The van der Waals surface area contributed by atoms with Crippen molar-refractivity contribution in [2.24, 2.45) is 0 Å². The summed E-state index contributed by atoms with van der Waals surface area (Å²) >= 11 is 0. The molecule has 1 aliphatic carbocycles. The Morgan fingerprint density at radius 2 is 1.90 bits per heavy atom. The van der Waals surface area contributed by atoms with Crippen LogP contribution in [0.4, 0.5) is 0 Å². The summed E-state index contributed by atoms with van der Waals surface area (Å²) in [6.07, 6.45) is 8.55. The van der Waals surface area contributed by atoms with E-state index in [4.69, 9.17) is 19.6 Å². The Bertz CT molecular complexity index is 1010. The number of ether oxygens (including phenoxy) is 2. The number of pyridine rings is 1. The number of benzene rings is 1. The summed E-state index contributed by atoms with van der Waals surface area (Å²) in [5.74, 6) is 2.86. The standard InChI is InChI=1S/C23H28N4O2/c1-28-20-10-4-9-19(22(20)29-2)16-11-12-21-24-23(25-27(21)15-16)17-6-5-13-26(14-17)18-7-3-8-18/h4,9-12,15,17-18H,3,5-8,13-14H2,1-2H3. The van der Waals surface area contributed by atoms with Crippen LogP contribution in [0.2, 0.25) is 0 Å². The highest BCUT2D eigenvalue weighted by molar-refractivity contribution is 5.74. The van der Waals surface area contributed by atoms with Crippen LogP contribution in [-0.4, -0.2) is 52.8 Å². The maximum absolute atomic E-state index is 5.61. The molecule has 1 atom stereocenters. The molecule has 29 heavy (non-hydrogen) atoms. The summed E-state index contributed by atoms with van der Waals surface area (Å²) < 4.78 is 13.0. The third-order valence-electron chi connectivity index (χ3n) is 6.47. The zero-order valence-corrected chi connectivity index (χ0v) is 17.2. The summed E-state index contributed by atoms with van der Waals surface area (Å²) in [4.78, 5) is 7.52. The van der Waals surface area contributed by atoms with Crippen molar-refractivity contribution in [3.05, 3.63) is 42.4 Å². The summed E-state index contributed by atoms with van der Waals surface area (Å²) in [5.41, 5.74) is 2.91. The van der Waals surface area contributed by atoms with Gasteiger partial charge < -0.3 is 9.47 Å². The van der Waals surface area contributed by atoms with Gasteiger partial charge in [0.05, 0.1) is 14.2 Å². The highest BCUT2D eigenvalue weighted by atomic mass is 16.5. The molecular weight excluding hydrogens is 364 g/mol. The van der Waals surface area contributed by atoms with Crippen LogP contribution in [0.15, 0.2) is 36.5 Å². The average Bonchev–Trinajstić information content (AvgIpc) is 3.15. The van der Waals surface area contributed by atoms with E-state index in [0.717, 1.165) is 46.7 Å². The number of likely N-dealkylation sites (tertiary alicyclic amines) is 1. The number of methoxy groups -OCH3 is 2. The molecule has 1 aromatic carbocycles. The SMILES string of the molecule is COc1cccc(-c2ccc3nc(C4CCCN(C5CCC5)C4)nn3c2)c1OC. The average molecular weight is 393 g/mol. The summed E-state index contributed by atoms with van der Waals surface area (Å²) in [6.45, 7) is 2.33. The molecule has 2 fully saturated rings. The van der Waals surface area contributed by atoms with E-state index in [1.54, 1.807) is 14.2 Å². The Hall–Kier alpha value is -2.60. The molecule has 1 unspecified atom stereocenters. The second-order valence-corrected chi connectivity index (χ2v) is 8.15. The van der Waals surface area contributed by atoms with Gasteiger partial charge in [-0.1, -0.05) is 18.6 Å². The molecule has 2 aromatic heterocycles. The van der Waals surface area contributed by atoms with Crippen molar-refractivity contribution in [2.45, 2.75) is 44.1 Å². The van der Waals surface area contributed by atoms with Crippen LogP contribution in [0.3, 0.4) is 0 Å². The van der Waals surface area contributed by atoms with Gasteiger partial charge in [0.15, 0.2) is 23.0 Å². The maximum atomic E-state index is 5.61. The van der Waals surface area contributed by atoms with Gasteiger partial charge in [0.2, 0.25) is 0 Å². The van der Waals surface area contributed by atoms with Crippen LogP contribution in [0.25, 0.3) is 16.8 Å². The number of aromatic nitrogens is 3. The Balaban J connectivity index is 1.45. The fraction of sp³-hybridized carbons (Fsp3) is 0.478. The summed E-state index contributed by atoms with van der Waals surface area (Å²) in [5, 5.41) is 4.87. The minimum absolute atomic E-state index is 0.430. The lowest BCUT2D eigenvalue weighted by molar-refractivity contribution is 0.0929. The molecule has 0 N–H and O–H groups in total. The molecule has 0 spiro atoms. The number of fused-ring (bicyclic) bond motifs is 1. The molecule has 3 heterocycles. The van der Waals surface area contributed by atoms with Gasteiger partial charge in [-0.15, -0.1) is 0 Å². The number of hydrogen-bond donors (Lipinski definition) is 0. The monoisotopic (exact) mass is 392 g/mol. The highest BCUT2D eigenvalue weighted by Gasteiger charge is 2.31. The third-order valence-corrected chi connectivity index (χ3v) is 6.47. The van der Waals surface area contributed by atoms with Crippen molar-refractivity contribution in [1.82, 2.24) is 19.5 Å². The predicted octanol–water partition coefficient (Wildman–Crippen LogP) is 4.15. The lowest BCUT2D eigenvalue weighted by Crippen LogP contribution is -2.45. The minimum atomic E-state index is 0.430.